The summed E-state index contributed by atoms with van der Waals surface area (Å²) in [4.78, 5) is 0. The summed E-state index contributed by atoms with van der Waals surface area (Å²) in [7, 11) is 0. The molecule has 3 heteroatoms. The van der Waals surface area contributed by atoms with E-state index in [0.717, 1.165) is 5.69 Å². The molecule has 0 saturated heterocycles. The minimum Gasteiger partial charge on any atom is -0.382 e. The summed E-state index contributed by atoms with van der Waals surface area (Å²) in [6.07, 6.45) is 4.95. The largest absolute Gasteiger partial charge is 0.382 e. The van der Waals surface area contributed by atoms with Crippen LogP contribution in [0.3, 0.4) is 0 Å². The Labute approximate surface area is 89.7 Å². The van der Waals surface area contributed by atoms with E-state index in [0.29, 0.717) is 11.6 Å². The van der Waals surface area contributed by atoms with Gasteiger partial charge in [0, 0.05) is 23.8 Å². The molecule has 0 spiro atoms. The van der Waals surface area contributed by atoms with E-state index >= 15 is 0 Å². The topological polar surface area (TPSA) is 38.0 Å². The lowest BCUT2D eigenvalue weighted by atomic mass is 10.1. The third kappa shape index (κ3) is 2.48. The maximum absolute atomic E-state index is 13.4. The zero-order chi connectivity index (χ0) is 10.7. The number of rotatable bonds is 3. The molecule has 82 valence electrons. The van der Waals surface area contributed by atoms with Crippen molar-refractivity contribution in [3.63, 3.8) is 0 Å². The van der Waals surface area contributed by atoms with Crippen LogP contribution in [0.1, 0.15) is 31.2 Å². The molecule has 1 aliphatic rings. The van der Waals surface area contributed by atoms with Crippen molar-refractivity contribution in [2.45, 2.75) is 38.3 Å². The second kappa shape index (κ2) is 4.62. The van der Waals surface area contributed by atoms with Crippen LogP contribution in [0.25, 0.3) is 0 Å². The molecule has 0 bridgehead atoms. The summed E-state index contributed by atoms with van der Waals surface area (Å²) in [5.74, 6) is -0.208. The highest BCUT2D eigenvalue weighted by Gasteiger charge is 2.14. The number of nitrogens with one attached hydrogen (secondary N) is 1. The first-order valence-corrected chi connectivity index (χ1v) is 5.54. The van der Waals surface area contributed by atoms with Gasteiger partial charge in [0.15, 0.2) is 0 Å². The predicted octanol–water partition coefficient (Wildman–Crippen LogP) is 2.64. The van der Waals surface area contributed by atoms with Crippen LogP contribution in [0.5, 0.6) is 0 Å². The second-order valence-electron chi connectivity index (χ2n) is 4.14. The monoisotopic (exact) mass is 208 g/mol. The van der Waals surface area contributed by atoms with Crippen molar-refractivity contribution >= 4 is 5.69 Å². The van der Waals surface area contributed by atoms with Gasteiger partial charge in [-0.25, -0.2) is 4.39 Å². The zero-order valence-electron chi connectivity index (χ0n) is 8.80. The van der Waals surface area contributed by atoms with Crippen LogP contribution in [-0.2, 0) is 6.54 Å². The van der Waals surface area contributed by atoms with Gasteiger partial charge in [0.2, 0.25) is 0 Å². The molecule has 3 N–H and O–H groups in total. The molecule has 0 amide bonds. The second-order valence-corrected chi connectivity index (χ2v) is 4.14. The maximum atomic E-state index is 13.4. The van der Waals surface area contributed by atoms with Crippen LogP contribution in [0.4, 0.5) is 10.1 Å². The zero-order valence-corrected chi connectivity index (χ0v) is 8.80. The molecule has 1 saturated carbocycles. The average Bonchev–Trinajstić information content (AvgIpc) is 2.71. The van der Waals surface area contributed by atoms with E-state index in [1.807, 2.05) is 6.07 Å². The first-order valence-electron chi connectivity index (χ1n) is 5.54. The van der Waals surface area contributed by atoms with E-state index in [2.05, 4.69) is 5.32 Å². The van der Waals surface area contributed by atoms with Crippen LogP contribution in [0, 0.1) is 5.82 Å². The number of benzene rings is 1. The summed E-state index contributed by atoms with van der Waals surface area (Å²) in [5.41, 5.74) is 6.85. The van der Waals surface area contributed by atoms with Crippen molar-refractivity contribution in [3.05, 3.63) is 29.6 Å². The molecule has 0 unspecified atom stereocenters. The van der Waals surface area contributed by atoms with Gasteiger partial charge >= 0.3 is 0 Å². The Morgan fingerprint density at radius 3 is 2.67 bits per heavy atom. The Hall–Kier alpha value is -1.09. The lowest BCUT2D eigenvalue weighted by molar-refractivity contribution is 0.610. The first-order chi connectivity index (χ1) is 7.29. The summed E-state index contributed by atoms with van der Waals surface area (Å²) in [5, 5.41) is 3.35. The van der Waals surface area contributed by atoms with Crippen molar-refractivity contribution in [1.29, 1.82) is 0 Å². The molecule has 0 atom stereocenters. The van der Waals surface area contributed by atoms with Gasteiger partial charge in [0.25, 0.3) is 0 Å². The summed E-state index contributed by atoms with van der Waals surface area (Å²) in [6, 6.07) is 5.73. The molecule has 1 aliphatic carbocycles. The van der Waals surface area contributed by atoms with Crippen LogP contribution < -0.4 is 11.1 Å². The van der Waals surface area contributed by atoms with Crippen LogP contribution in [0.15, 0.2) is 18.2 Å². The highest BCUT2D eigenvalue weighted by Crippen LogP contribution is 2.23. The van der Waals surface area contributed by atoms with Gasteiger partial charge in [0.1, 0.15) is 5.82 Å². The lowest BCUT2D eigenvalue weighted by Crippen LogP contribution is -2.14. The summed E-state index contributed by atoms with van der Waals surface area (Å²) >= 11 is 0. The third-order valence-corrected chi connectivity index (χ3v) is 3.00. The number of hydrogen-bond donors (Lipinski definition) is 2. The van der Waals surface area contributed by atoms with E-state index in [1.165, 1.54) is 25.7 Å². The number of nitrogens with two attached hydrogens (primary N) is 1. The predicted molar refractivity (Wildman–Crippen MR) is 60.2 cm³/mol. The standard InChI is InChI=1S/C12H17FN2/c13-12-7-11(6-5-9(12)8-14)15-10-3-1-2-4-10/h5-7,10,15H,1-4,8,14H2. The molecule has 2 rings (SSSR count). The highest BCUT2D eigenvalue weighted by molar-refractivity contribution is 5.46. The Balaban J connectivity index is 2.05. The van der Waals surface area contributed by atoms with Gasteiger partial charge in [-0.3, -0.25) is 0 Å². The Bertz CT molecular complexity index is 332. The highest BCUT2D eigenvalue weighted by atomic mass is 19.1. The van der Waals surface area contributed by atoms with Gasteiger partial charge in [-0.05, 0) is 25.0 Å². The first kappa shape index (κ1) is 10.4. The van der Waals surface area contributed by atoms with E-state index in [9.17, 15) is 4.39 Å². The third-order valence-electron chi connectivity index (χ3n) is 3.00. The van der Waals surface area contributed by atoms with Gasteiger partial charge in [0.05, 0.1) is 0 Å². The van der Waals surface area contributed by atoms with E-state index in [-0.39, 0.29) is 12.4 Å². The molecule has 0 aliphatic heterocycles. The maximum Gasteiger partial charge on any atom is 0.129 e. The molecular weight excluding hydrogens is 191 g/mol. The fourth-order valence-corrected chi connectivity index (χ4v) is 2.11. The number of hydrogen-bond acceptors (Lipinski definition) is 2. The van der Waals surface area contributed by atoms with Crippen LogP contribution in [-0.4, -0.2) is 6.04 Å². The minimum atomic E-state index is -0.208. The Morgan fingerprint density at radius 1 is 1.33 bits per heavy atom. The SMILES string of the molecule is NCc1ccc(NC2CCCC2)cc1F. The van der Waals surface area contributed by atoms with E-state index in [1.54, 1.807) is 12.1 Å². The van der Waals surface area contributed by atoms with Crippen molar-refractivity contribution in [2.75, 3.05) is 5.32 Å². The van der Waals surface area contributed by atoms with Crippen LogP contribution in [0.2, 0.25) is 0 Å². The fourth-order valence-electron chi connectivity index (χ4n) is 2.11. The molecular formula is C12H17FN2. The molecule has 2 nitrogen and oxygen atoms in total. The fraction of sp³-hybridized carbons (Fsp3) is 0.500. The lowest BCUT2D eigenvalue weighted by Gasteiger charge is -2.14. The van der Waals surface area contributed by atoms with Gasteiger partial charge in [-0.15, -0.1) is 0 Å². The summed E-state index contributed by atoms with van der Waals surface area (Å²) < 4.78 is 13.4. The normalized spacial score (nSPS) is 16.9. The van der Waals surface area contributed by atoms with Crippen molar-refractivity contribution in [3.8, 4) is 0 Å². The molecule has 1 aromatic rings. The molecule has 0 heterocycles. The van der Waals surface area contributed by atoms with Gasteiger partial charge < -0.3 is 11.1 Å². The Morgan fingerprint density at radius 2 is 2.07 bits per heavy atom. The van der Waals surface area contributed by atoms with Gasteiger partial charge in [-0.1, -0.05) is 18.9 Å². The molecule has 0 radical (unpaired) electrons. The molecule has 0 aromatic heterocycles. The number of anilines is 1. The quantitative estimate of drug-likeness (QED) is 0.801. The molecule has 1 fully saturated rings. The number of halogens is 1. The molecule has 15 heavy (non-hydrogen) atoms. The smallest absolute Gasteiger partial charge is 0.129 e. The minimum absolute atomic E-state index is 0.208. The average molecular weight is 208 g/mol. The van der Waals surface area contributed by atoms with Crippen molar-refractivity contribution in [1.82, 2.24) is 0 Å². The van der Waals surface area contributed by atoms with Gasteiger partial charge in [-0.2, -0.15) is 0 Å². The van der Waals surface area contributed by atoms with Crippen LogP contribution >= 0.6 is 0 Å². The summed E-state index contributed by atoms with van der Waals surface area (Å²) in [6.45, 7) is 0.259. The van der Waals surface area contributed by atoms with E-state index < -0.39 is 0 Å². The van der Waals surface area contributed by atoms with Crippen molar-refractivity contribution in [2.24, 2.45) is 5.73 Å². The Kier molecular flexibility index (Phi) is 3.21. The van der Waals surface area contributed by atoms with E-state index in [4.69, 9.17) is 5.73 Å². The van der Waals surface area contributed by atoms with Crippen molar-refractivity contribution < 1.29 is 4.39 Å². The molecule has 1 aromatic carbocycles.